The molecule has 3 rings (SSSR count). The third-order valence-electron chi connectivity index (χ3n) is 5.34. The Balaban J connectivity index is 1.75. The summed E-state index contributed by atoms with van der Waals surface area (Å²) in [5, 5.41) is 13.2. The van der Waals surface area contributed by atoms with Crippen molar-refractivity contribution in [3.05, 3.63) is 98.0 Å². The van der Waals surface area contributed by atoms with E-state index in [4.69, 9.17) is 34.8 Å². The molecule has 0 unspecified atom stereocenters. The third kappa shape index (κ3) is 5.70. The quantitative estimate of drug-likeness (QED) is 0.402. The average Bonchev–Trinajstić information content (AvgIpc) is 2.77. The molecular formula is C25H21Cl3N2O4. The van der Waals surface area contributed by atoms with Gasteiger partial charge in [-0.15, -0.1) is 0 Å². The second-order valence-corrected chi connectivity index (χ2v) is 8.88. The predicted molar refractivity (Wildman–Crippen MR) is 134 cm³/mol. The van der Waals surface area contributed by atoms with Crippen LogP contribution >= 0.6 is 34.8 Å². The highest BCUT2D eigenvalue weighted by atomic mass is 35.5. The van der Waals surface area contributed by atoms with Gasteiger partial charge in [-0.3, -0.25) is 9.59 Å². The summed E-state index contributed by atoms with van der Waals surface area (Å²) in [4.78, 5) is 38.7. The first-order valence-corrected chi connectivity index (χ1v) is 11.3. The molecule has 0 aliphatic heterocycles. The Morgan fingerprint density at radius 2 is 1.41 bits per heavy atom. The topological polar surface area (TPSA) is 86.7 Å². The average molecular weight is 520 g/mol. The maximum atomic E-state index is 13.0. The summed E-state index contributed by atoms with van der Waals surface area (Å²) in [5.74, 6) is -2.09. The van der Waals surface area contributed by atoms with E-state index in [9.17, 15) is 19.5 Å². The zero-order valence-corrected chi connectivity index (χ0v) is 20.6. The van der Waals surface area contributed by atoms with Crippen LogP contribution in [0.3, 0.4) is 0 Å². The van der Waals surface area contributed by atoms with E-state index in [0.29, 0.717) is 16.8 Å². The maximum Gasteiger partial charge on any atom is 0.326 e. The number of likely N-dealkylation sites (N-methyl/N-ethyl adjacent to an activating group) is 1. The molecule has 0 aromatic heterocycles. The van der Waals surface area contributed by atoms with Crippen molar-refractivity contribution < 1.29 is 19.5 Å². The fraction of sp³-hybridized carbons (Fsp3) is 0.160. The van der Waals surface area contributed by atoms with Crippen molar-refractivity contribution in [1.29, 1.82) is 0 Å². The molecule has 0 heterocycles. The largest absolute Gasteiger partial charge is 0.480 e. The Morgan fingerprint density at radius 3 is 1.94 bits per heavy atom. The number of benzene rings is 3. The number of aliphatic carboxylic acids is 1. The van der Waals surface area contributed by atoms with Gasteiger partial charge in [0.1, 0.15) is 6.04 Å². The third-order valence-corrected chi connectivity index (χ3v) is 6.28. The summed E-state index contributed by atoms with van der Waals surface area (Å²) in [6.45, 7) is 1.74. The molecule has 2 amide bonds. The number of carbonyl (C=O) groups excluding carboxylic acids is 2. The van der Waals surface area contributed by atoms with Crippen LogP contribution in [-0.4, -0.2) is 40.9 Å². The van der Waals surface area contributed by atoms with Crippen LogP contribution < -0.4 is 5.32 Å². The molecule has 176 valence electrons. The van der Waals surface area contributed by atoms with Gasteiger partial charge in [-0.2, -0.15) is 0 Å². The summed E-state index contributed by atoms with van der Waals surface area (Å²) >= 11 is 18.4. The number of nitrogens with one attached hydrogen (secondary N) is 1. The molecule has 9 heteroatoms. The first-order chi connectivity index (χ1) is 16.1. The van der Waals surface area contributed by atoms with Gasteiger partial charge in [0.05, 0.1) is 26.2 Å². The van der Waals surface area contributed by atoms with Crippen molar-refractivity contribution in [3.8, 4) is 0 Å². The second kappa shape index (κ2) is 10.9. The van der Waals surface area contributed by atoms with Crippen molar-refractivity contribution in [2.45, 2.75) is 19.4 Å². The molecule has 0 spiro atoms. The van der Waals surface area contributed by atoms with Crippen molar-refractivity contribution in [2.75, 3.05) is 12.4 Å². The number of carboxylic acid groups (broad SMARTS) is 1. The lowest BCUT2D eigenvalue weighted by molar-refractivity contribution is -0.141. The van der Waals surface area contributed by atoms with Crippen molar-refractivity contribution in [2.24, 2.45) is 0 Å². The maximum absolute atomic E-state index is 13.0. The lowest BCUT2D eigenvalue weighted by Crippen LogP contribution is -2.44. The lowest BCUT2D eigenvalue weighted by Gasteiger charge is -2.26. The van der Waals surface area contributed by atoms with Crippen LogP contribution in [0.1, 0.15) is 31.8 Å². The fourth-order valence-electron chi connectivity index (χ4n) is 3.47. The number of carbonyl (C=O) groups is 3. The highest BCUT2D eigenvalue weighted by molar-refractivity contribution is 6.40. The number of hydrogen-bond acceptors (Lipinski definition) is 3. The van der Waals surface area contributed by atoms with E-state index < -0.39 is 23.8 Å². The van der Waals surface area contributed by atoms with Crippen LogP contribution in [0.2, 0.25) is 15.1 Å². The summed E-state index contributed by atoms with van der Waals surface area (Å²) in [6, 6.07) is 15.3. The smallest absolute Gasteiger partial charge is 0.326 e. The predicted octanol–water partition coefficient (Wildman–Crippen LogP) is 5.98. The summed E-state index contributed by atoms with van der Waals surface area (Å²) in [7, 11) is 1.44. The molecule has 3 aromatic rings. The minimum absolute atomic E-state index is 0.0612. The number of halogens is 3. The summed E-state index contributed by atoms with van der Waals surface area (Å²) < 4.78 is 0. The summed E-state index contributed by atoms with van der Waals surface area (Å²) in [5.41, 5.74) is 2.24. The van der Waals surface area contributed by atoms with Crippen LogP contribution in [0, 0.1) is 6.92 Å². The number of amides is 2. The molecule has 0 aliphatic carbocycles. The molecule has 0 radical (unpaired) electrons. The molecule has 3 aromatic carbocycles. The van der Waals surface area contributed by atoms with E-state index >= 15 is 0 Å². The molecule has 0 aliphatic rings. The number of anilines is 1. The minimum atomic E-state index is -1.15. The standard InChI is InChI=1S/C25H21Cl3N2O4/c1-14-5-3-6-17(26)21(14)24(32)30(2)20(25(33)34)13-15-9-11-16(12-10-15)29-23(31)22-18(27)7-4-8-19(22)28/h3-12,20H,13H2,1-2H3,(H,29,31)(H,33,34)/t20-/m0/s1. The molecule has 6 nitrogen and oxygen atoms in total. The molecule has 34 heavy (non-hydrogen) atoms. The summed E-state index contributed by atoms with van der Waals surface area (Å²) in [6.07, 6.45) is 0.0612. The van der Waals surface area contributed by atoms with Gasteiger partial charge in [0.15, 0.2) is 0 Å². The van der Waals surface area contributed by atoms with E-state index in [0.717, 1.165) is 0 Å². The van der Waals surface area contributed by atoms with Crippen LogP contribution in [0.15, 0.2) is 60.7 Å². The Labute approximate surface area is 212 Å². The molecule has 0 saturated carbocycles. The normalized spacial score (nSPS) is 11.6. The monoisotopic (exact) mass is 518 g/mol. The number of rotatable bonds is 7. The van der Waals surface area contributed by atoms with Gasteiger partial charge < -0.3 is 15.3 Å². The van der Waals surface area contributed by atoms with Crippen molar-refractivity contribution in [1.82, 2.24) is 4.90 Å². The van der Waals surface area contributed by atoms with Gasteiger partial charge in [0, 0.05) is 19.2 Å². The van der Waals surface area contributed by atoms with Gasteiger partial charge in [-0.1, -0.05) is 65.1 Å². The highest BCUT2D eigenvalue weighted by Gasteiger charge is 2.29. The van der Waals surface area contributed by atoms with E-state index in [2.05, 4.69) is 5.32 Å². The van der Waals surface area contributed by atoms with Crippen molar-refractivity contribution in [3.63, 3.8) is 0 Å². The van der Waals surface area contributed by atoms with E-state index in [-0.39, 0.29) is 32.6 Å². The van der Waals surface area contributed by atoms with E-state index in [1.165, 1.54) is 11.9 Å². The van der Waals surface area contributed by atoms with E-state index in [1.54, 1.807) is 67.6 Å². The van der Waals surface area contributed by atoms with Crippen LogP contribution in [0.5, 0.6) is 0 Å². The van der Waals surface area contributed by atoms with Gasteiger partial charge in [-0.05, 0) is 48.4 Å². The van der Waals surface area contributed by atoms with Gasteiger partial charge >= 0.3 is 5.97 Å². The number of hydrogen-bond donors (Lipinski definition) is 2. The first kappa shape index (κ1) is 25.6. The fourth-order valence-corrected chi connectivity index (χ4v) is 4.34. The first-order valence-electron chi connectivity index (χ1n) is 10.2. The lowest BCUT2D eigenvalue weighted by atomic mass is 10.0. The van der Waals surface area contributed by atoms with Gasteiger partial charge in [-0.25, -0.2) is 4.79 Å². The molecule has 1 atom stereocenters. The van der Waals surface area contributed by atoms with Crippen LogP contribution in [0.25, 0.3) is 0 Å². The Morgan fingerprint density at radius 1 is 0.882 bits per heavy atom. The van der Waals surface area contributed by atoms with E-state index in [1.807, 2.05) is 0 Å². The Kier molecular flexibility index (Phi) is 8.20. The number of carboxylic acids is 1. The molecule has 0 fully saturated rings. The molecule has 2 N–H and O–H groups in total. The van der Waals surface area contributed by atoms with Crippen molar-refractivity contribution >= 4 is 58.3 Å². The SMILES string of the molecule is Cc1cccc(Cl)c1C(=O)N(C)[C@@H](Cc1ccc(NC(=O)c2c(Cl)cccc2Cl)cc1)C(=O)O. The highest BCUT2D eigenvalue weighted by Crippen LogP contribution is 2.26. The molecule has 0 saturated heterocycles. The van der Waals surface area contributed by atoms with Gasteiger partial charge in [0.25, 0.3) is 11.8 Å². The zero-order valence-electron chi connectivity index (χ0n) is 18.3. The number of aryl methyl sites for hydroxylation is 1. The molecule has 0 bridgehead atoms. The van der Waals surface area contributed by atoms with Gasteiger partial charge in [0.2, 0.25) is 0 Å². The second-order valence-electron chi connectivity index (χ2n) is 7.65. The van der Waals surface area contributed by atoms with Crippen LogP contribution in [-0.2, 0) is 11.2 Å². The zero-order chi connectivity index (χ0) is 25.0. The Hall–Kier alpha value is -3.06. The van der Waals surface area contributed by atoms with Crippen LogP contribution in [0.4, 0.5) is 5.69 Å². The minimum Gasteiger partial charge on any atom is -0.480 e. The number of nitrogens with zero attached hydrogens (tertiary/aromatic N) is 1. The molecular weight excluding hydrogens is 499 g/mol. The Bertz CT molecular complexity index is 1200.